The summed E-state index contributed by atoms with van der Waals surface area (Å²) in [5, 5.41) is 20.5. The molecule has 0 bridgehead atoms. The first-order valence-corrected chi connectivity index (χ1v) is 9.06. The van der Waals surface area contributed by atoms with E-state index in [0.717, 1.165) is 18.4 Å². The Kier molecular flexibility index (Phi) is 3.39. The second kappa shape index (κ2) is 5.11. The van der Waals surface area contributed by atoms with Crippen molar-refractivity contribution in [3.63, 3.8) is 0 Å². The van der Waals surface area contributed by atoms with E-state index < -0.39 is 0 Å². The lowest BCUT2D eigenvalue weighted by atomic mass is 9.54. The predicted octanol–water partition coefficient (Wildman–Crippen LogP) is 4.41. The number of fused-ring (bicyclic) bond motifs is 5. The Morgan fingerprint density at radius 3 is 2.83 bits per heavy atom. The predicted molar refractivity (Wildman–Crippen MR) is 92.4 cm³/mol. The van der Waals surface area contributed by atoms with Gasteiger partial charge in [-0.25, -0.2) is 0 Å². The molecule has 0 aromatic heterocycles. The van der Waals surface area contributed by atoms with Gasteiger partial charge in [0.05, 0.1) is 6.10 Å². The van der Waals surface area contributed by atoms with Gasteiger partial charge in [0.2, 0.25) is 0 Å². The second-order valence-corrected chi connectivity index (χ2v) is 8.55. The van der Waals surface area contributed by atoms with E-state index in [1.807, 2.05) is 12.1 Å². The maximum atomic E-state index is 10.7. The molecular formula is C21H28O2. The summed E-state index contributed by atoms with van der Waals surface area (Å²) < 4.78 is 0. The minimum Gasteiger partial charge on any atom is -0.508 e. The molecule has 3 aliphatic carbocycles. The standard InChI is InChI=1S/C21H28O2/c1-12(2)19-18(23)11-21(3)9-8-16-15-7-5-14(22)10-13(15)4-6-17(16)20(19)21/h5,7,10,16-20,22-23H,1,4,6,8-9,11H2,2-3H3/t16-,17-,18-,19-,20-,21-/m1/s1. The first kappa shape index (κ1) is 15.3. The maximum Gasteiger partial charge on any atom is 0.115 e. The van der Waals surface area contributed by atoms with Crippen LogP contribution in [0.1, 0.15) is 56.6 Å². The van der Waals surface area contributed by atoms with Crippen molar-refractivity contribution < 1.29 is 10.2 Å². The van der Waals surface area contributed by atoms with Crippen LogP contribution in [0.5, 0.6) is 5.75 Å². The number of phenols is 1. The van der Waals surface area contributed by atoms with Crippen molar-refractivity contribution in [2.24, 2.45) is 23.2 Å². The summed E-state index contributed by atoms with van der Waals surface area (Å²) in [5.74, 6) is 2.43. The average Bonchev–Trinajstić information content (AvgIpc) is 2.77. The van der Waals surface area contributed by atoms with E-state index in [1.54, 1.807) is 0 Å². The zero-order valence-corrected chi connectivity index (χ0v) is 14.3. The van der Waals surface area contributed by atoms with Crippen molar-refractivity contribution in [2.75, 3.05) is 0 Å². The molecular weight excluding hydrogens is 284 g/mol. The number of hydrogen-bond acceptors (Lipinski definition) is 2. The normalized spacial score (nSPS) is 41.8. The van der Waals surface area contributed by atoms with Gasteiger partial charge in [-0.15, -0.1) is 0 Å². The Morgan fingerprint density at radius 1 is 1.30 bits per heavy atom. The largest absolute Gasteiger partial charge is 0.508 e. The van der Waals surface area contributed by atoms with Gasteiger partial charge in [-0.2, -0.15) is 0 Å². The van der Waals surface area contributed by atoms with E-state index in [-0.39, 0.29) is 17.4 Å². The van der Waals surface area contributed by atoms with Gasteiger partial charge in [0, 0.05) is 5.92 Å². The number of benzene rings is 1. The molecule has 0 saturated heterocycles. The van der Waals surface area contributed by atoms with Gasteiger partial charge >= 0.3 is 0 Å². The van der Waals surface area contributed by atoms with Crippen molar-refractivity contribution in [3.8, 4) is 5.75 Å². The molecule has 1 aromatic rings. The van der Waals surface area contributed by atoms with Crippen LogP contribution >= 0.6 is 0 Å². The van der Waals surface area contributed by atoms with Gasteiger partial charge in [0.15, 0.2) is 0 Å². The molecule has 23 heavy (non-hydrogen) atoms. The second-order valence-electron chi connectivity index (χ2n) is 8.55. The zero-order chi connectivity index (χ0) is 16.4. The third-order valence-electron chi connectivity index (χ3n) is 7.13. The third kappa shape index (κ3) is 2.18. The highest BCUT2D eigenvalue weighted by atomic mass is 16.3. The Balaban J connectivity index is 1.75. The van der Waals surface area contributed by atoms with Crippen LogP contribution in [0.2, 0.25) is 0 Å². The highest BCUT2D eigenvalue weighted by molar-refractivity contribution is 5.40. The van der Waals surface area contributed by atoms with E-state index in [9.17, 15) is 10.2 Å². The Hall–Kier alpha value is -1.28. The Labute approximate surface area is 139 Å². The molecule has 0 unspecified atom stereocenters. The number of aliphatic hydroxyl groups is 1. The Morgan fingerprint density at radius 2 is 2.09 bits per heavy atom. The number of aryl methyl sites for hydroxylation is 1. The number of aliphatic hydroxyl groups excluding tert-OH is 1. The van der Waals surface area contributed by atoms with E-state index in [4.69, 9.17) is 0 Å². The van der Waals surface area contributed by atoms with Gasteiger partial charge in [0.1, 0.15) is 5.75 Å². The van der Waals surface area contributed by atoms with Crippen molar-refractivity contribution >= 4 is 0 Å². The van der Waals surface area contributed by atoms with Crippen LogP contribution in [-0.2, 0) is 6.42 Å². The smallest absolute Gasteiger partial charge is 0.115 e. The van der Waals surface area contributed by atoms with Gasteiger partial charge in [-0.05, 0) is 85.5 Å². The van der Waals surface area contributed by atoms with Gasteiger partial charge in [-0.1, -0.05) is 25.1 Å². The summed E-state index contributed by atoms with van der Waals surface area (Å²) in [5.41, 5.74) is 4.20. The van der Waals surface area contributed by atoms with Crippen LogP contribution in [-0.4, -0.2) is 16.3 Å². The monoisotopic (exact) mass is 312 g/mol. The van der Waals surface area contributed by atoms with Crippen LogP contribution in [0.3, 0.4) is 0 Å². The number of aromatic hydroxyl groups is 1. The molecule has 0 aliphatic heterocycles. The third-order valence-corrected chi connectivity index (χ3v) is 7.13. The quantitative estimate of drug-likeness (QED) is 0.754. The summed E-state index contributed by atoms with van der Waals surface area (Å²) in [6, 6.07) is 5.94. The molecule has 3 aliphatic rings. The lowest BCUT2D eigenvalue weighted by Crippen LogP contribution is -2.42. The molecule has 1 aromatic carbocycles. The number of hydrogen-bond donors (Lipinski definition) is 2. The van der Waals surface area contributed by atoms with Crippen molar-refractivity contribution in [3.05, 3.63) is 41.5 Å². The van der Waals surface area contributed by atoms with Crippen LogP contribution in [0.25, 0.3) is 0 Å². The SMILES string of the molecule is C=C(C)[C@H]1[C@H]2[C@@H]3CCc4cc(O)ccc4[C@H]3CC[C@]2(C)C[C@H]1O. The average molecular weight is 312 g/mol. The molecule has 2 N–H and O–H groups in total. The summed E-state index contributed by atoms with van der Waals surface area (Å²) in [7, 11) is 0. The molecule has 0 spiro atoms. The Bertz CT molecular complexity index is 649. The summed E-state index contributed by atoms with van der Waals surface area (Å²) >= 11 is 0. The van der Waals surface area contributed by atoms with E-state index in [2.05, 4.69) is 26.5 Å². The first-order chi connectivity index (χ1) is 10.9. The minimum absolute atomic E-state index is 0.220. The molecule has 0 radical (unpaired) electrons. The van der Waals surface area contributed by atoms with E-state index in [1.165, 1.54) is 30.4 Å². The van der Waals surface area contributed by atoms with Gasteiger partial charge in [-0.3, -0.25) is 0 Å². The van der Waals surface area contributed by atoms with Crippen LogP contribution in [0.4, 0.5) is 0 Å². The molecule has 2 nitrogen and oxygen atoms in total. The fourth-order valence-electron chi connectivity index (χ4n) is 6.31. The zero-order valence-electron chi connectivity index (χ0n) is 14.3. The van der Waals surface area contributed by atoms with E-state index >= 15 is 0 Å². The fourth-order valence-corrected chi connectivity index (χ4v) is 6.31. The molecule has 0 amide bonds. The molecule has 4 rings (SSSR count). The minimum atomic E-state index is -0.220. The van der Waals surface area contributed by atoms with Crippen molar-refractivity contribution in [2.45, 2.75) is 58.0 Å². The molecule has 2 fully saturated rings. The number of phenolic OH excluding ortho intramolecular Hbond substituents is 1. The lowest BCUT2D eigenvalue weighted by molar-refractivity contribution is 0.0403. The first-order valence-electron chi connectivity index (χ1n) is 9.06. The molecule has 2 heteroatoms. The molecule has 124 valence electrons. The van der Waals surface area contributed by atoms with E-state index in [0.29, 0.717) is 23.5 Å². The maximum absolute atomic E-state index is 10.7. The van der Waals surface area contributed by atoms with Crippen LogP contribution in [0.15, 0.2) is 30.4 Å². The van der Waals surface area contributed by atoms with Crippen molar-refractivity contribution in [1.29, 1.82) is 0 Å². The summed E-state index contributed by atoms with van der Waals surface area (Å²) in [6.07, 6.45) is 5.35. The van der Waals surface area contributed by atoms with Crippen LogP contribution < -0.4 is 0 Å². The van der Waals surface area contributed by atoms with Crippen molar-refractivity contribution in [1.82, 2.24) is 0 Å². The topological polar surface area (TPSA) is 40.5 Å². The number of rotatable bonds is 1. The van der Waals surface area contributed by atoms with Gasteiger partial charge < -0.3 is 10.2 Å². The fraction of sp³-hybridized carbons (Fsp3) is 0.619. The van der Waals surface area contributed by atoms with Gasteiger partial charge in [0.25, 0.3) is 0 Å². The highest BCUT2D eigenvalue weighted by Gasteiger charge is 2.57. The highest BCUT2D eigenvalue weighted by Crippen LogP contribution is 2.63. The van der Waals surface area contributed by atoms with Crippen LogP contribution in [0, 0.1) is 23.2 Å². The summed E-state index contributed by atoms with van der Waals surface area (Å²) in [4.78, 5) is 0. The molecule has 0 heterocycles. The summed E-state index contributed by atoms with van der Waals surface area (Å²) in [6.45, 7) is 8.70. The molecule has 2 saturated carbocycles. The molecule has 6 atom stereocenters. The lowest BCUT2D eigenvalue weighted by Gasteiger charge is -2.50.